The molecule has 0 atom stereocenters. The third kappa shape index (κ3) is 3.31. The number of halogens is 3. The Kier molecular flexibility index (Phi) is 4.34. The van der Waals surface area contributed by atoms with Crippen molar-refractivity contribution in [2.75, 3.05) is 7.05 Å². The van der Waals surface area contributed by atoms with Gasteiger partial charge in [-0.2, -0.15) is 13.2 Å². The molecule has 1 N–H and O–H groups in total. The molecule has 0 saturated heterocycles. The van der Waals surface area contributed by atoms with Crippen LogP contribution < -0.4 is 5.32 Å². The molecule has 0 unspecified atom stereocenters. The fourth-order valence-electron chi connectivity index (χ4n) is 1.67. The van der Waals surface area contributed by atoms with Crippen molar-refractivity contribution in [2.24, 2.45) is 7.05 Å². The van der Waals surface area contributed by atoms with E-state index < -0.39 is 11.7 Å². The molecule has 0 radical (unpaired) electrons. The van der Waals surface area contributed by atoms with E-state index in [9.17, 15) is 13.2 Å². The van der Waals surface area contributed by atoms with Crippen molar-refractivity contribution in [1.29, 1.82) is 0 Å². The first kappa shape index (κ1) is 14.9. The fraction of sp³-hybridized carbons (Fsp3) is 0.333. The van der Waals surface area contributed by atoms with Gasteiger partial charge >= 0.3 is 6.18 Å². The Hall–Kier alpha value is -1.54. The summed E-state index contributed by atoms with van der Waals surface area (Å²) in [6, 6.07) is 4.30. The van der Waals surface area contributed by atoms with Crippen LogP contribution in [0.2, 0.25) is 0 Å². The van der Waals surface area contributed by atoms with E-state index in [-0.39, 0.29) is 4.90 Å². The summed E-state index contributed by atoms with van der Waals surface area (Å²) in [5.74, 6) is 0. The Morgan fingerprint density at radius 2 is 2.10 bits per heavy atom. The molecule has 8 heteroatoms. The number of nitrogens with one attached hydrogen (secondary N) is 1. The molecule has 0 aliphatic heterocycles. The Labute approximate surface area is 118 Å². The van der Waals surface area contributed by atoms with Crippen LogP contribution in [0.3, 0.4) is 0 Å². The largest absolute Gasteiger partial charge is 0.417 e. The summed E-state index contributed by atoms with van der Waals surface area (Å²) in [5, 5.41) is 10.7. The predicted octanol–water partition coefficient (Wildman–Crippen LogP) is 2.70. The molecule has 1 heterocycles. The highest BCUT2D eigenvalue weighted by molar-refractivity contribution is 7.99. The SMILES string of the molecule is CNCc1ccc(Sc2nncn2C)c(C(F)(F)F)c1. The summed E-state index contributed by atoms with van der Waals surface area (Å²) in [4.78, 5) is 0.119. The minimum atomic E-state index is -4.40. The average molecular weight is 302 g/mol. The highest BCUT2D eigenvalue weighted by atomic mass is 32.2. The fourth-order valence-corrected chi connectivity index (χ4v) is 2.56. The first-order chi connectivity index (χ1) is 9.41. The van der Waals surface area contributed by atoms with Gasteiger partial charge in [0, 0.05) is 18.5 Å². The van der Waals surface area contributed by atoms with Gasteiger partial charge in [-0.15, -0.1) is 10.2 Å². The highest BCUT2D eigenvalue weighted by Crippen LogP contribution is 2.39. The lowest BCUT2D eigenvalue weighted by Gasteiger charge is -2.13. The number of aryl methyl sites for hydroxylation is 1. The molecule has 0 aliphatic carbocycles. The van der Waals surface area contributed by atoms with Crippen LogP contribution in [0.5, 0.6) is 0 Å². The topological polar surface area (TPSA) is 42.7 Å². The van der Waals surface area contributed by atoms with E-state index in [0.29, 0.717) is 17.3 Å². The molecule has 1 aromatic heterocycles. The molecule has 2 rings (SSSR count). The molecular formula is C12H13F3N4S. The predicted molar refractivity (Wildman–Crippen MR) is 69.3 cm³/mol. The Morgan fingerprint density at radius 3 is 2.65 bits per heavy atom. The molecule has 4 nitrogen and oxygen atoms in total. The van der Waals surface area contributed by atoms with Crippen LogP contribution in [0.4, 0.5) is 13.2 Å². The summed E-state index contributed by atoms with van der Waals surface area (Å²) in [5.41, 5.74) is -0.0691. The lowest BCUT2D eigenvalue weighted by Crippen LogP contribution is -2.10. The Bertz CT molecular complexity index is 595. The van der Waals surface area contributed by atoms with E-state index in [1.54, 1.807) is 24.7 Å². The van der Waals surface area contributed by atoms with Crippen molar-refractivity contribution in [3.8, 4) is 0 Å². The first-order valence-electron chi connectivity index (χ1n) is 5.78. The Balaban J connectivity index is 2.39. The molecule has 0 fully saturated rings. The van der Waals surface area contributed by atoms with Gasteiger partial charge in [0.1, 0.15) is 6.33 Å². The monoisotopic (exact) mass is 302 g/mol. The summed E-state index contributed by atoms with van der Waals surface area (Å²) < 4.78 is 40.9. The van der Waals surface area contributed by atoms with E-state index in [2.05, 4.69) is 15.5 Å². The van der Waals surface area contributed by atoms with Crippen LogP contribution in [0.1, 0.15) is 11.1 Å². The number of hydrogen-bond donors (Lipinski definition) is 1. The van der Waals surface area contributed by atoms with Crippen LogP contribution in [0.15, 0.2) is 34.6 Å². The number of hydrogen-bond acceptors (Lipinski definition) is 4. The lowest BCUT2D eigenvalue weighted by atomic mass is 10.1. The zero-order valence-corrected chi connectivity index (χ0v) is 11.7. The van der Waals surface area contributed by atoms with Gasteiger partial charge in [-0.3, -0.25) is 0 Å². The van der Waals surface area contributed by atoms with Gasteiger partial charge in [-0.25, -0.2) is 0 Å². The van der Waals surface area contributed by atoms with Crippen LogP contribution in [0.25, 0.3) is 0 Å². The minimum Gasteiger partial charge on any atom is -0.316 e. The zero-order chi connectivity index (χ0) is 14.8. The second-order valence-corrected chi connectivity index (χ2v) is 5.19. The lowest BCUT2D eigenvalue weighted by molar-refractivity contribution is -0.139. The summed E-state index contributed by atoms with van der Waals surface area (Å²) in [6.07, 6.45) is -2.95. The molecule has 108 valence electrons. The number of alkyl halides is 3. The third-order valence-corrected chi connectivity index (χ3v) is 3.73. The molecule has 0 amide bonds. The molecule has 0 spiro atoms. The van der Waals surface area contributed by atoms with Crippen molar-refractivity contribution in [3.05, 3.63) is 35.7 Å². The van der Waals surface area contributed by atoms with Crippen LogP contribution in [-0.2, 0) is 19.8 Å². The molecule has 2 aromatic rings. The summed E-state index contributed by atoms with van der Waals surface area (Å²) in [7, 11) is 3.38. The van der Waals surface area contributed by atoms with E-state index in [0.717, 1.165) is 17.8 Å². The van der Waals surface area contributed by atoms with E-state index in [1.165, 1.54) is 12.4 Å². The average Bonchev–Trinajstić information content (AvgIpc) is 2.76. The molecule has 0 bridgehead atoms. The quantitative estimate of drug-likeness (QED) is 0.943. The maximum Gasteiger partial charge on any atom is 0.417 e. The van der Waals surface area contributed by atoms with Crippen molar-refractivity contribution >= 4 is 11.8 Å². The normalized spacial score (nSPS) is 11.8. The standard InChI is InChI=1S/C12H13F3N4S/c1-16-6-8-3-4-10(9(5-8)12(13,14)15)20-11-18-17-7-19(11)2/h3-5,7,16H,6H2,1-2H3. The van der Waals surface area contributed by atoms with Gasteiger partial charge in [0.2, 0.25) is 0 Å². The van der Waals surface area contributed by atoms with Gasteiger partial charge in [0.25, 0.3) is 0 Å². The maximum absolute atomic E-state index is 13.1. The van der Waals surface area contributed by atoms with Crippen LogP contribution >= 0.6 is 11.8 Å². The van der Waals surface area contributed by atoms with Gasteiger partial charge in [-0.05, 0) is 36.5 Å². The molecule has 0 saturated carbocycles. The summed E-state index contributed by atoms with van der Waals surface area (Å²) >= 11 is 0.950. The molecular weight excluding hydrogens is 289 g/mol. The number of benzene rings is 1. The van der Waals surface area contributed by atoms with E-state index >= 15 is 0 Å². The van der Waals surface area contributed by atoms with Crippen molar-refractivity contribution in [1.82, 2.24) is 20.1 Å². The number of nitrogens with zero attached hydrogens (tertiary/aromatic N) is 3. The summed E-state index contributed by atoms with van der Waals surface area (Å²) in [6.45, 7) is 0.387. The van der Waals surface area contributed by atoms with Crippen molar-refractivity contribution < 1.29 is 13.2 Å². The van der Waals surface area contributed by atoms with Crippen LogP contribution in [-0.4, -0.2) is 21.8 Å². The van der Waals surface area contributed by atoms with Gasteiger partial charge < -0.3 is 9.88 Å². The van der Waals surface area contributed by atoms with Gasteiger partial charge in [-0.1, -0.05) is 6.07 Å². The molecule has 0 aliphatic rings. The number of aromatic nitrogens is 3. The minimum absolute atomic E-state index is 0.119. The van der Waals surface area contributed by atoms with Crippen molar-refractivity contribution in [3.63, 3.8) is 0 Å². The smallest absolute Gasteiger partial charge is 0.316 e. The van der Waals surface area contributed by atoms with Crippen LogP contribution in [0, 0.1) is 0 Å². The first-order valence-corrected chi connectivity index (χ1v) is 6.60. The van der Waals surface area contributed by atoms with E-state index in [4.69, 9.17) is 0 Å². The van der Waals surface area contributed by atoms with E-state index in [1.807, 2.05) is 0 Å². The molecule has 1 aromatic carbocycles. The van der Waals surface area contributed by atoms with Gasteiger partial charge in [0.15, 0.2) is 5.16 Å². The molecule has 20 heavy (non-hydrogen) atoms. The van der Waals surface area contributed by atoms with Gasteiger partial charge in [0.05, 0.1) is 5.56 Å². The highest BCUT2D eigenvalue weighted by Gasteiger charge is 2.34. The third-order valence-electron chi connectivity index (χ3n) is 2.60. The second-order valence-electron chi connectivity index (χ2n) is 4.19. The van der Waals surface area contributed by atoms with Crippen molar-refractivity contribution in [2.45, 2.75) is 22.8 Å². The Morgan fingerprint density at radius 1 is 1.35 bits per heavy atom. The second kappa shape index (κ2) is 5.84. The maximum atomic E-state index is 13.1. The zero-order valence-electron chi connectivity index (χ0n) is 10.9. The number of rotatable bonds is 4.